The first-order valence-corrected chi connectivity index (χ1v) is 11.1. The minimum atomic E-state index is -0.116. The number of piperazine rings is 1. The van der Waals surface area contributed by atoms with E-state index in [0.717, 1.165) is 63.2 Å². The molecule has 29 heavy (non-hydrogen) atoms. The number of fused-ring (bicyclic) bond motifs is 1. The molecule has 6 heteroatoms. The van der Waals surface area contributed by atoms with Crippen LogP contribution in [0.2, 0.25) is 0 Å². The van der Waals surface area contributed by atoms with Gasteiger partial charge in [-0.1, -0.05) is 25.1 Å². The molecule has 158 valence electrons. The Balaban J connectivity index is 1.38. The number of carbonyl (C=O) groups is 2. The van der Waals surface area contributed by atoms with Crippen LogP contribution < -0.4 is 4.74 Å². The fraction of sp³-hybridized carbons (Fsp3) is 0.652. The second-order valence-electron chi connectivity index (χ2n) is 8.89. The molecule has 3 saturated heterocycles. The van der Waals surface area contributed by atoms with Crippen molar-refractivity contribution in [3.8, 4) is 5.75 Å². The number of carbonyl (C=O) groups excluding carboxylic acids is 2. The van der Waals surface area contributed by atoms with E-state index in [1.807, 2.05) is 36.1 Å². The van der Waals surface area contributed by atoms with Crippen molar-refractivity contribution in [1.82, 2.24) is 14.7 Å². The Kier molecular flexibility index (Phi) is 6.09. The van der Waals surface area contributed by atoms with Gasteiger partial charge >= 0.3 is 0 Å². The molecule has 4 rings (SSSR count). The third-order valence-electron chi connectivity index (χ3n) is 6.84. The van der Waals surface area contributed by atoms with Crippen molar-refractivity contribution >= 4 is 11.8 Å². The number of nitrogens with zero attached hydrogens (tertiary/aromatic N) is 3. The van der Waals surface area contributed by atoms with Crippen molar-refractivity contribution in [2.75, 3.05) is 32.8 Å². The van der Waals surface area contributed by atoms with Gasteiger partial charge in [-0.2, -0.15) is 0 Å². The molecule has 3 fully saturated rings. The quantitative estimate of drug-likeness (QED) is 0.764. The van der Waals surface area contributed by atoms with Crippen LogP contribution >= 0.6 is 0 Å². The zero-order chi connectivity index (χ0) is 20.4. The number of rotatable bonds is 5. The van der Waals surface area contributed by atoms with Crippen molar-refractivity contribution in [3.63, 3.8) is 0 Å². The number of benzene rings is 1. The van der Waals surface area contributed by atoms with E-state index in [2.05, 4.69) is 16.7 Å². The molecule has 0 aliphatic carbocycles. The van der Waals surface area contributed by atoms with E-state index in [1.165, 1.54) is 0 Å². The molecule has 6 nitrogen and oxygen atoms in total. The van der Waals surface area contributed by atoms with Crippen LogP contribution in [0.4, 0.5) is 0 Å². The monoisotopic (exact) mass is 399 g/mol. The van der Waals surface area contributed by atoms with Crippen molar-refractivity contribution in [3.05, 3.63) is 29.8 Å². The van der Waals surface area contributed by atoms with Crippen LogP contribution in [0.15, 0.2) is 24.3 Å². The van der Waals surface area contributed by atoms with Crippen LogP contribution in [0.25, 0.3) is 0 Å². The van der Waals surface area contributed by atoms with Gasteiger partial charge in [0.05, 0.1) is 6.04 Å². The summed E-state index contributed by atoms with van der Waals surface area (Å²) >= 11 is 0. The van der Waals surface area contributed by atoms with Gasteiger partial charge < -0.3 is 14.5 Å². The SMILES string of the molecule is CC1CCN(C(=O)COc2ccccc2CN2C[C@@H]3CCCN3C(=O)[C@@H]2C)CC1. The molecule has 3 heterocycles. The lowest BCUT2D eigenvalue weighted by atomic mass is 9.99. The van der Waals surface area contributed by atoms with Crippen molar-refractivity contribution in [2.45, 2.75) is 58.2 Å². The summed E-state index contributed by atoms with van der Waals surface area (Å²) in [6, 6.07) is 8.13. The Hall–Kier alpha value is -2.08. The van der Waals surface area contributed by atoms with E-state index in [4.69, 9.17) is 4.74 Å². The molecule has 0 radical (unpaired) electrons. The first-order valence-electron chi connectivity index (χ1n) is 11.1. The summed E-state index contributed by atoms with van der Waals surface area (Å²) in [5, 5.41) is 0. The van der Waals surface area contributed by atoms with E-state index >= 15 is 0 Å². The van der Waals surface area contributed by atoms with Crippen LogP contribution in [0, 0.1) is 5.92 Å². The lowest BCUT2D eigenvalue weighted by molar-refractivity contribution is -0.143. The first kappa shape index (κ1) is 20.2. The zero-order valence-electron chi connectivity index (χ0n) is 17.7. The van der Waals surface area contributed by atoms with Gasteiger partial charge in [0.2, 0.25) is 5.91 Å². The fourth-order valence-corrected chi connectivity index (χ4v) is 4.82. The summed E-state index contributed by atoms with van der Waals surface area (Å²) in [4.78, 5) is 31.5. The smallest absolute Gasteiger partial charge is 0.260 e. The van der Waals surface area contributed by atoms with E-state index in [0.29, 0.717) is 18.5 Å². The Labute approximate surface area is 173 Å². The molecule has 1 aromatic rings. The van der Waals surface area contributed by atoms with Crippen LogP contribution in [0.1, 0.15) is 45.1 Å². The Morgan fingerprint density at radius 2 is 1.86 bits per heavy atom. The third kappa shape index (κ3) is 4.42. The number of likely N-dealkylation sites (tertiary alicyclic amines) is 1. The molecular formula is C23H33N3O3. The number of para-hydroxylation sites is 1. The maximum atomic E-state index is 12.7. The average molecular weight is 400 g/mol. The molecular weight excluding hydrogens is 366 g/mol. The van der Waals surface area contributed by atoms with E-state index in [9.17, 15) is 9.59 Å². The Bertz CT molecular complexity index is 745. The van der Waals surface area contributed by atoms with E-state index in [1.54, 1.807) is 0 Å². The lowest BCUT2D eigenvalue weighted by Gasteiger charge is -2.41. The molecule has 0 unspecified atom stereocenters. The van der Waals surface area contributed by atoms with Crippen molar-refractivity contribution < 1.29 is 14.3 Å². The van der Waals surface area contributed by atoms with Crippen LogP contribution in [-0.2, 0) is 16.1 Å². The molecule has 0 N–H and O–H groups in total. The predicted octanol–water partition coefficient (Wildman–Crippen LogP) is 2.52. The number of amides is 2. The molecule has 1 aromatic carbocycles. The molecule has 2 atom stereocenters. The highest BCUT2D eigenvalue weighted by Gasteiger charge is 2.40. The standard InChI is InChI=1S/C23H33N3O3/c1-17-9-12-24(13-10-17)22(27)16-29-21-8-4-3-6-19(21)14-25-15-20-7-5-11-26(20)23(28)18(25)2/h3-4,6,8,17-18,20H,5,7,9-16H2,1-2H3/t18-,20-/m0/s1. The summed E-state index contributed by atoms with van der Waals surface area (Å²) < 4.78 is 5.96. The van der Waals surface area contributed by atoms with E-state index in [-0.39, 0.29) is 24.5 Å². The summed E-state index contributed by atoms with van der Waals surface area (Å²) in [5.74, 6) is 1.76. The number of ether oxygens (including phenoxy) is 1. The molecule has 3 aliphatic rings. The highest BCUT2D eigenvalue weighted by atomic mass is 16.5. The topological polar surface area (TPSA) is 53.1 Å². The molecule has 3 aliphatic heterocycles. The van der Waals surface area contributed by atoms with Gasteiger partial charge in [0.15, 0.2) is 6.61 Å². The summed E-state index contributed by atoms with van der Waals surface area (Å²) in [7, 11) is 0. The van der Waals surface area contributed by atoms with Crippen molar-refractivity contribution in [1.29, 1.82) is 0 Å². The number of hydrogen-bond acceptors (Lipinski definition) is 4. The molecule has 0 spiro atoms. The highest BCUT2D eigenvalue weighted by molar-refractivity contribution is 5.83. The summed E-state index contributed by atoms with van der Waals surface area (Å²) in [6.07, 6.45) is 4.34. The fourth-order valence-electron chi connectivity index (χ4n) is 4.82. The Morgan fingerprint density at radius 3 is 2.66 bits per heavy atom. The average Bonchev–Trinajstić information content (AvgIpc) is 3.20. The minimum Gasteiger partial charge on any atom is -0.483 e. The number of piperidine rings is 1. The van der Waals surface area contributed by atoms with Gasteiger partial charge in [-0.05, 0) is 44.6 Å². The van der Waals surface area contributed by atoms with Crippen LogP contribution in [-0.4, -0.2) is 71.4 Å². The van der Waals surface area contributed by atoms with Gasteiger partial charge in [-0.25, -0.2) is 0 Å². The van der Waals surface area contributed by atoms with Gasteiger partial charge in [0, 0.05) is 44.3 Å². The zero-order valence-corrected chi connectivity index (χ0v) is 17.7. The number of hydrogen-bond donors (Lipinski definition) is 0. The highest BCUT2D eigenvalue weighted by Crippen LogP contribution is 2.29. The van der Waals surface area contributed by atoms with Crippen molar-refractivity contribution in [2.24, 2.45) is 5.92 Å². The molecule has 0 bridgehead atoms. The first-order chi connectivity index (χ1) is 14.0. The summed E-state index contributed by atoms with van der Waals surface area (Å²) in [6.45, 7) is 8.46. The van der Waals surface area contributed by atoms with E-state index < -0.39 is 0 Å². The van der Waals surface area contributed by atoms with Gasteiger partial charge in [-0.15, -0.1) is 0 Å². The lowest BCUT2D eigenvalue weighted by Crippen LogP contribution is -2.58. The maximum absolute atomic E-state index is 12.7. The predicted molar refractivity (Wildman–Crippen MR) is 112 cm³/mol. The largest absolute Gasteiger partial charge is 0.483 e. The minimum absolute atomic E-state index is 0.0646. The van der Waals surface area contributed by atoms with Gasteiger partial charge in [0.25, 0.3) is 5.91 Å². The third-order valence-corrected chi connectivity index (χ3v) is 6.84. The Morgan fingerprint density at radius 1 is 1.10 bits per heavy atom. The maximum Gasteiger partial charge on any atom is 0.260 e. The molecule has 2 amide bonds. The second-order valence-corrected chi connectivity index (χ2v) is 8.89. The van der Waals surface area contributed by atoms with Gasteiger partial charge in [-0.3, -0.25) is 14.5 Å². The van der Waals surface area contributed by atoms with Gasteiger partial charge in [0.1, 0.15) is 5.75 Å². The normalized spacial score (nSPS) is 25.9. The summed E-state index contributed by atoms with van der Waals surface area (Å²) in [5.41, 5.74) is 1.04. The second kappa shape index (κ2) is 8.74. The molecule has 0 aromatic heterocycles. The van der Waals surface area contributed by atoms with Crippen LogP contribution in [0.5, 0.6) is 5.75 Å². The van der Waals surface area contributed by atoms with Crippen LogP contribution in [0.3, 0.4) is 0 Å². The molecule has 0 saturated carbocycles.